The lowest BCUT2D eigenvalue weighted by molar-refractivity contribution is 0.653. The van der Waals surface area contributed by atoms with Crippen molar-refractivity contribution in [2.75, 3.05) is 0 Å². The van der Waals surface area contributed by atoms with Crippen molar-refractivity contribution in [2.45, 2.75) is 0 Å². The number of para-hydroxylation sites is 6. The zero-order valence-electron chi connectivity index (χ0n) is 47.2. The fourth-order valence-electron chi connectivity index (χ4n) is 15.7. The van der Waals surface area contributed by atoms with E-state index in [4.69, 9.17) is 8.83 Å². The second kappa shape index (κ2) is 16.9. The smallest absolute Gasteiger partial charge is 0.152 e. The Bertz CT molecular complexity index is 6230. The first kappa shape index (κ1) is 46.5. The molecule has 4 aromatic heterocycles. The van der Waals surface area contributed by atoms with Crippen LogP contribution in [-0.4, -0.2) is 18.3 Å². The maximum atomic E-state index is 7.01. The van der Waals surface area contributed by atoms with Crippen LogP contribution in [0.25, 0.3) is 197 Å². The fourth-order valence-corrected chi connectivity index (χ4v) is 15.7. The van der Waals surface area contributed by atoms with Crippen LogP contribution in [0.3, 0.4) is 0 Å². The molecule has 0 atom stereocenters. The van der Waals surface area contributed by atoms with Gasteiger partial charge in [-0.15, -0.1) is 0 Å². The summed E-state index contributed by atoms with van der Waals surface area (Å²) < 4.78 is 23.7. The molecule has 0 bridgehead atoms. The van der Waals surface area contributed by atoms with Crippen molar-refractivity contribution < 1.29 is 8.83 Å². The standard InChI is InChI=1S/C82H46N4O2/c1-3-17-55(18-4-1)83-67-45-69-75(43-63(67)81-61-35-31-49-15-11-13-47-25-29-53(41-71(81)83)79(61)77(47)49)87-73-23-9-7-21-65(73)85(69)57-33-37-59-51(39-57)27-28-52-40-58(34-38-60(52)59)86-66-22-8-10-24-74(66)88-76-44-64-68(46-70(76)86)84(56-19-5-2-6-20-56)72-42-54-30-26-48-14-12-16-50-32-36-62(82(64)72)80(54)78(48)50/h1-46H. The van der Waals surface area contributed by atoms with Gasteiger partial charge in [-0.2, -0.15) is 0 Å². The Labute approximate surface area is 500 Å². The Morgan fingerprint density at radius 1 is 0.170 bits per heavy atom. The zero-order valence-corrected chi connectivity index (χ0v) is 47.2. The number of nitrogens with zero attached hydrogens (tertiary/aromatic N) is 4. The Hall–Kier alpha value is -11.9. The van der Waals surface area contributed by atoms with E-state index in [0.717, 1.165) is 99.7 Å². The van der Waals surface area contributed by atoms with Gasteiger partial charge in [0.1, 0.15) is 0 Å². The molecule has 0 spiro atoms. The minimum Gasteiger partial charge on any atom is -0.453 e. The fraction of sp³-hybridized carbons (Fsp3) is 0. The van der Waals surface area contributed by atoms with Crippen molar-refractivity contribution in [3.63, 3.8) is 0 Å². The largest absolute Gasteiger partial charge is 0.453 e. The van der Waals surface area contributed by atoms with Crippen LogP contribution in [0.2, 0.25) is 0 Å². The highest BCUT2D eigenvalue weighted by atomic mass is 16.3. The summed E-state index contributed by atoms with van der Waals surface area (Å²) in [7, 11) is 0. The van der Waals surface area contributed by atoms with Gasteiger partial charge in [0, 0.05) is 44.3 Å². The third-order valence-electron chi connectivity index (χ3n) is 19.4. The van der Waals surface area contributed by atoms with Crippen molar-refractivity contribution in [3.05, 3.63) is 279 Å². The van der Waals surface area contributed by atoms with E-state index in [9.17, 15) is 0 Å². The molecule has 17 aromatic carbocycles. The summed E-state index contributed by atoms with van der Waals surface area (Å²) in [6.07, 6.45) is 0. The number of rotatable bonds is 4. The second-order valence-electron chi connectivity index (χ2n) is 24.0. The molecule has 4 heterocycles. The predicted octanol–water partition coefficient (Wildman–Crippen LogP) is 22.5. The zero-order chi connectivity index (χ0) is 57.0. The van der Waals surface area contributed by atoms with E-state index < -0.39 is 0 Å². The minimum absolute atomic E-state index is 0.815. The van der Waals surface area contributed by atoms with Crippen LogP contribution in [0.15, 0.2) is 288 Å². The molecule has 6 heteroatoms. The monoisotopic (exact) mass is 1120 g/mol. The van der Waals surface area contributed by atoms with Gasteiger partial charge >= 0.3 is 0 Å². The van der Waals surface area contributed by atoms with Crippen LogP contribution < -0.4 is 0 Å². The Kier molecular flexibility index (Phi) is 8.95. The van der Waals surface area contributed by atoms with Crippen LogP contribution in [0.5, 0.6) is 0 Å². The lowest BCUT2D eigenvalue weighted by Gasteiger charge is -2.18. The van der Waals surface area contributed by atoms with E-state index in [1.165, 1.54) is 97.2 Å². The van der Waals surface area contributed by atoms with Crippen LogP contribution >= 0.6 is 0 Å². The van der Waals surface area contributed by atoms with Crippen LogP contribution in [0, 0.1) is 0 Å². The summed E-state index contributed by atoms with van der Waals surface area (Å²) in [5, 5.41) is 24.6. The molecule has 406 valence electrons. The SMILES string of the molecule is c1ccc(-n2c3cc4c(cc3c3c5ccc6cccc7ccc(cc32)c5c76)oc2ccccc2n4-c2ccc3c(ccc4cc(-n5c6ccccc6oc6cc7c8c9ccc%10cccc%11ccc(cc8n(-c8ccccc8)c7cc65)c9c%11%10)ccc43)c2)cc1. The second-order valence-corrected chi connectivity index (χ2v) is 24.0. The van der Waals surface area contributed by atoms with E-state index in [2.05, 4.69) is 297 Å². The number of aromatic nitrogens is 4. The van der Waals surface area contributed by atoms with E-state index in [1.54, 1.807) is 0 Å². The molecule has 0 saturated carbocycles. The normalized spacial score (nSPS) is 12.5. The summed E-state index contributed by atoms with van der Waals surface area (Å²) in [6.45, 7) is 0. The number of hydrogen-bond donors (Lipinski definition) is 0. The van der Waals surface area contributed by atoms with Crippen LogP contribution in [-0.2, 0) is 0 Å². The molecule has 0 aliphatic rings. The Morgan fingerprint density at radius 2 is 0.545 bits per heavy atom. The summed E-state index contributed by atoms with van der Waals surface area (Å²) in [5.41, 5.74) is 16.1. The van der Waals surface area contributed by atoms with Gasteiger partial charge < -0.3 is 27.1 Å². The molecular weight excluding hydrogens is 1070 g/mol. The van der Waals surface area contributed by atoms with Gasteiger partial charge in [-0.1, -0.05) is 170 Å². The Balaban J connectivity index is 0.764. The average molecular weight is 1120 g/mol. The predicted molar refractivity (Wildman–Crippen MR) is 368 cm³/mol. The first-order valence-electron chi connectivity index (χ1n) is 30.2. The highest BCUT2D eigenvalue weighted by Crippen LogP contribution is 2.48. The molecule has 88 heavy (non-hydrogen) atoms. The van der Waals surface area contributed by atoms with E-state index in [0.29, 0.717) is 0 Å². The third kappa shape index (κ3) is 6.19. The summed E-state index contributed by atoms with van der Waals surface area (Å²) in [6, 6.07) is 103. The van der Waals surface area contributed by atoms with Gasteiger partial charge in [-0.25, -0.2) is 0 Å². The quantitative estimate of drug-likeness (QED) is 0.130. The van der Waals surface area contributed by atoms with Crippen LogP contribution in [0.4, 0.5) is 0 Å². The van der Waals surface area contributed by atoms with Crippen molar-refractivity contribution in [2.24, 2.45) is 0 Å². The van der Waals surface area contributed by atoms with Crippen molar-refractivity contribution >= 4 is 174 Å². The summed E-state index contributed by atoms with van der Waals surface area (Å²) in [5.74, 6) is 0. The van der Waals surface area contributed by atoms with E-state index in [1.807, 2.05) is 0 Å². The lowest BCUT2D eigenvalue weighted by atomic mass is 9.92. The Morgan fingerprint density at radius 3 is 1.00 bits per heavy atom. The molecule has 0 aliphatic heterocycles. The van der Waals surface area contributed by atoms with Crippen molar-refractivity contribution in [1.82, 2.24) is 18.3 Å². The average Bonchev–Trinajstić information content (AvgIpc) is 1.52. The molecule has 0 fully saturated rings. The molecule has 0 radical (unpaired) electrons. The maximum Gasteiger partial charge on any atom is 0.152 e. The maximum absolute atomic E-state index is 7.01. The molecule has 21 aromatic rings. The van der Waals surface area contributed by atoms with Crippen molar-refractivity contribution in [3.8, 4) is 22.7 Å². The molecule has 6 nitrogen and oxygen atoms in total. The molecule has 0 saturated heterocycles. The van der Waals surface area contributed by atoms with Crippen LogP contribution in [0.1, 0.15) is 0 Å². The molecule has 21 rings (SSSR count). The highest BCUT2D eigenvalue weighted by Gasteiger charge is 2.25. The van der Waals surface area contributed by atoms with Gasteiger partial charge in [-0.3, -0.25) is 0 Å². The molecule has 0 unspecified atom stereocenters. The molecule has 0 amide bonds. The molecular formula is C82H46N4O2. The summed E-state index contributed by atoms with van der Waals surface area (Å²) in [4.78, 5) is 0. The molecule has 0 N–H and O–H groups in total. The van der Waals surface area contributed by atoms with Gasteiger partial charge in [0.2, 0.25) is 0 Å². The van der Waals surface area contributed by atoms with Crippen molar-refractivity contribution in [1.29, 1.82) is 0 Å². The number of hydrogen-bond acceptors (Lipinski definition) is 2. The first-order chi connectivity index (χ1) is 43.6. The minimum atomic E-state index is 0.815. The number of benzene rings is 17. The van der Waals surface area contributed by atoms with E-state index in [-0.39, 0.29) is 0 Å². The van der Waals surface area contributed by atoms with Gasteiger partial charge in [-0.05, 0) is 195 Å². The van der Waals surface area contributed by atoms with Gasteiger partial charge in [0.05, 0.1) is 44.1 Å². The molecule has 0 aliphatic carbocycles. The lowest BCUT2D eigenvalue weighted by Crippen LogP contribution is -2.01. The van der Waals surface area contributed by atoms with Gasteiger partial charge in [0.25, 0.3) is 0 Å². The number of fused-ring (bicyclic) bond motifs is 15. The highest BCUT2D eigenvalue weighted by molar-refractivity contribution is 6.35. The third-order valence-corrected chi connectivity index (χ3v) is 19.4. The summed E-state index contributed by atoms with van der Waals surface area (Å²) >= 11 is 0. The van der Waals surface area contributed by atoms with Gasteiger partial charge in [0.15, 0.2) is 22.3 Å². The van der Waals surface area contributed by atoms with E-state index >= 15 is 0 Å². The topological polar surface area (TPSA) is 46.0 Å². The first-order valence-corrected chi connectivity index (χ1v) is 30.2.